The Kier molecular flexibility index (Phi) is 3.90. The van der Waals surface area contributed by atoms with E-state index in [9.17, 15) is 13.5 Å². The van der Waals surface area contributed by atoms with Crippen LogP contribution in [0.25, 0.3) is 0 Å². The minimum atomic E-state index is -2.97. The van der Waals surface area contributed by atoms with Crippen LogP contribution in [0.5, 0.6) is 0 Å². The van der Waals surface area contributed by atoms with Gasteiger partial charge in [-0.05, 0) is 36.6 Å². The predicted molar refractivity (Wildman–Crippen MR) is 69.9 cm³/mol. The van der Waals surface area contributed by atoms with Gasteiger partial charge in [0.1, 0.15) is 9.84 Å². The Balaban J connectivity index is 2.07. The largest absolute Gasteiger partial charge is 0.387 e. The molecule has 1 N–H and O–H groups in total. The van der Waals surface area contributed by atoms with Gasteiger partial charge in [-0.3, -0.25) is 0 Å². The summed E-state index contributed by atoms with van der Waals surface area (Å²) < 4.78 is 23.1. The molecule has 0 amide bonds. The third kappa shape index (κ3) is 3.09. The number of hydrogen-bond donors (Lipinski definition) is 1. The fourth-order valence-corrected chi connectivity index (χ4v) is 4.54. The van der Waals surface area contributed by atoms with Crippen LogP contribution in [0.3, 0.4) is 0 Å². The van der Waals surface area contributed by atoms with Crippen molar-refractivity contribution in [2.75, 3.05) is 6.26 Å². The SMILES string of the molecule is CS(=O)(=O)C1CCCC(C(O)c2cccs2)C1. The fraction of sp³-hybridized carbons (Fsp3) is 0.667. The highest BCUT2D eigenvalue weighted by Crippen LogP contribution is 2.37. The summed E-state index contributed by atoms with van der Waals surface area (Å²) in [6.45, 7) is 0. The maximum absolute atomic E-state index is 11.6. The van der Waals surface area contributed by atoms with Crippen LogP contribution in [-0.2, 0) is 9.84 Å². The van der Waals surface area contributed by atoms with Gasteiger partial charge in [-0.15, -0.1) is 11.3 Å². The second kappa shape index (κ2) is 5.08. The Morgan fingerprint density at radius 2 is 2.24 bits per heavy atom. The average molecular weight is 274 g/mol. The molecule has 3 unspecified atom stereocenters. The molecule has 17 heavy (non-hydrogen) atoms. The van der Waals surface area contributed by atoms with Crippen LogP contribution in [0.15, 0.2) is 17.5 Å². The van der Waals surface area contributed by atoms with Crippen LogP contribution in [0.1, 0.15) is 36.7 Å². The van der Waals surface area contributed by atoms with Crippen molar-refractivity contribution in [1.29, 1.82) is 0 Å². The third-order valence-corrected chi connectivity index (χ3v) is 6.14. The van der Waals surface area contributed by atoms with E-state index in [-0.39, 0.29) is 11.2 Å². The first kappa shape index (κ1) is 13.1. The quantitative estimate of drug-likeness (QED) is 0.920. The summed E-state index contributed by atoms with van der Waals surface area (Å²) in [6.07, 6.45) is 3.96. The third-order valence-electron chi connectivity index (χ3n) is 3.55. The molecule has 1 aromatic heterocycles. The van der Waals surface area contributed by atoms with Crippen LogP contribution in [0.2, 0.25) is 0 Å². The maximum Gasteiger partial charge on any atom is 0.150 e. The molecule has 1 aliphatic rings. The monoisotopic (exact) mass is 274 g/mol. The highest BCUT2D eigenvalue weighted by molar-refractivity contribution is 7.91. The van der Waals surface area contributed by atoms with Crippen molar-refractivity contribution in [2.24, 2.45) is 5.92 Å². The molecule has 0 saturated heterocycles. The summed E-state index contributed by atoms with van der Waals surface area (Å²) in [7, 11) is -2.97. The summed E-state index contributed by atoms with van der Waals surface area (Å²) >= 11 is 1.53. The molecule has 1 saturated carbocycles. The van der Waals surface area contributed by atoms with E-state index < -0.39 is 15.9 Å². The van der Waals surface area contributed by atoms with Crippen molar-refractivity contribution in [2.45, 2.75) is 37.0 Å². The van der Waals surface area contributed by atoms with E-state index in [1.165, 1.54) is 17.6 Å². The molecule has 1 fully saturated rings. The number of aliphatic hydroxyl groups is 1. The Labute approximate surface area is 106 Å². The van der Waals surface area contributed by atoms with Gasteiger partial charge in [-0.1, -0.05) is 12.5 Å². The highest BCUT2D eigenvalue weighted by atomic mass is 32.2. The number of sulfone groups is 1. The first-order valence-electron chi connectivity index (χ1n) is 5.89. The molecule has 0 bridgehead atoms. The lowest BCUT2D eigenvalue weighted by atomic mass is 9.84. The second-order valence-electron chi connectivity index (χ2n) is 4.84. The smallest absolute Gasteiger partial charge is 0.150 e. The van der Waals surface area contributed by atoms with Gasteiger partial charge in [0.25, 0.3) is 0 Å². The molecule has 96 valence electrons. The van der Waals surface area contributed by atoms with Crippen LogP contribution in [0.4, 0.5) is 0 Å². The van der Waals surface area contributed by atoms with Crippen LogP contribution in [0, 0.1) is 5.92 Å². The van der Waals surface area contributed by atoms with Gasteiger partial charge >= 0.3 is 0 Å². The molecule has 3 atom stereocenters. The van der Waals surface area contributed by atoms with Gasteiger partial charge in [-0.25, -0.2) is 8.42 Å². The Morgan fingerprint density at radius 1 is 1.47 bits per heavy atom. The van der Waals surface area contributed by atoms with E-state index in [1.54, 1.807) is 0 Å². The zero-order valence-corrected chi connectivity index (χ0v) is 11.5. The van der Waals surface area contributed by atoms with Crippen LogP contribution < -0.4 is 0 Å². The normalized spacial score (nSPS) is 27.9. The molecule has 0 radical (unpaired) electrons. The average Bonchev–Trinajstić information content (AvgIpc) is 2.80. The molecule has 2 rings (SSSR count). The summed E-state index contributed by atoms with van der Waals surface area (Å²) in [5, 5.41) is 11.9. The van der Waals surface area contributed by atoms with Crippen LogP contribution >= 0.6 is 11.3 Å². The summed E-state index contributed by atoms with van der Waals surface area (Å²) in [5.74, 6) is 0.0853. The summed E-state index contributed by atoms with van der Waals surface area (Å²) in [6, 6.07) is 3.83. The molecular formula is C12H18O3S2. The van der Waals surface area contributed by atoms with Crippen molar-refractivity contribution in [3.8, 4) is 0 Å². The molecule has 0 aliphatic heterocycles. The Hall–Kier alpha value is -0.390. The van der Waals surface area contributed by atoms with Crippen molar-refractivity contribution < 1.29 is 13.5 Å². The standard InChI is InChI=1S/C12H18O3S2/c1-17(14,15)10-5-2-4-9(8-10)12(13)11-6-3-7-16-11/h3,6-7,9-10,12-13H,2,4-5,8H2,1H3. The summed E-state index contributed by atoms with van der Waals surface area (Å²) in [4.78, 5) is 0.948. The molecule has 1 heterocycles. The first-order chi connectivity index (χ1) is 7.98. The van der Waals surface area contributed by atoms with E-state index >= 15 is 0 Å². The Morgan fingerprint density at radius 3 is 2.82 bits per heavy atom. The maximum atomic E-state index is 11.6. The summed E-state index contributed by atoms with van der Waals surface area (Å²) in [5.41, 5.74) is 0. The first-order valence-corrected chi connectivity index (χ1v) is 8.72. The molecule has 1 aliphatic carbocycles. The van der Waals surface area contributed by atoms with Crippen molar-refractivity contribution in [3.63, 3.8) is 0 Å². The Bertz CT molecular complexity index is 450. The molecule has 1 aromatic rings. The number of hydrogen-bond acceptors (Lipinski definition) is 4. The lowest BCUT2D eigenvalue weighted by Gasteiger charge is -2.30. The van der Waals surface area contributed by atoms with E-state index in [2.05, 4.69) is 0 Å². The molecular weight excluding hydrogens is 256 g/mol. The van der Waals surface area contributed by atoms with Crippen molar-refractivity contribution in [3.05, 3.63) is 22.4 Å². The minimum absolute atomic E-state index is 0.0853. The van der Waals surface area contributed by atoms with E-state index in [4.69, 9.17) is 0 Å². The van der Waals surface area contributed by atoms with Crippen molar-refractivity contribution >= 4 is 21.2 Å². The van der Waals surface area contributed by atoms with Gasteiger partial charge < -0.3 is 5.11 Å². The lowest BCUT2D eigenvalue weighted by Crippen LogP contribution is -2.30. The fourth-order valence-electron chi connectivity index (χ4n) is 2.55. The molecule has 3 nitrogen and oxygen atoms in total. The number of aliphatic hydroxyl groups excluding tert-OH is 1. The lowest BCUT2D eigenvalue weighted by molar-refractivity contribution is 0.0888. The second-order valence-corrected chi connectivity index (χ2v) is 8.14. The molecule has 0 aromatic carbocycles. The number of rotatable bonds is 3. The molecule has 5 heteroatoms. The van der Waals surface area contributed by atoms with E-state index in [0.717, 1.165) is 24.1 Å². The van der Waals surface area contributed by atoms with Gasteiger partial charge in [0.2, 0.25) is 0 Å². The predicted octanol–water partition coefficient (Wildman–Crippen LogP) is 2.38. The highest BCUT2D eigenvalue weighted by Gasteiger charge is 2.33. The zero-order chi connectivity index (χ0) is 12.5. The number of thiophene rings is 1. The van der Waals surface area contributed by atoms with Gasteiger partial charge in [0.15, 0.2) is 0 Å². The zero-order valence-electron chi connectivity index (χ0n) is 9.87. The van der Waals surface area contributed by atoms with Gasteiger partial charge in [-0.2, -0.15) is 0 Å². The minimum Gasteiger partial charge on any atom is -0.387 e. The topological polar surface area (TPSA) is 54.4 Å². The van der Waals surface area contributed by atoms with E-state index in [1.807, 2.05) is 17.5 Å². The van der Waals surface area contributed by atoms with Gasteiger partial charge in [0, 0.05) is 11.1 Å². The van der Waals surface area contributed by atoms with E-state index in [0.29, 0.717) is 6.42 Å². The van der Waals surface area contributed by atoms with Gasteiger partial charge in [0.05, 0.1) is 11.4 Å². The van der Waals surface area contributed by atoms with Crippen molar-refractivity contribution in [1.82, 2.24) is 0 Å². The van der Waals surface area contributed by atoms with Crippen LogP contribution in [-0.4, -0.2) is 25.0 Å². The molecule has 0 spiro atoms.